The van der Waals surface area contributed by atoms with E-state index < -0.39 is 0 Å². The first-order valence-electron chi connectivity index (χ1n) is 9.66. The highest BCUT2D eigenvalue weighted by molar-refractivity contribution is 5.76. The first kappa shape index (κ1) is 17.7. The quantitative estimate of drug-likeness (QED) is 0.750. The van der Waals surface area contributed by atoms with Gasteiger partial charge < -0.3 is 9.64 Å². The summed E-state index contributed by atoms with van der Waals surface area (Å²) in [6, 6.07) is 9.76. The SMILES string of the molecule is CCCOC1CCCN(c2nc3c(cnn3-c3ccccc3)c(=O)[nH]2)CC1. The van der Waals surface area contributed by atoms with Gasteiger partial charge in [0, 0.05) is 19.7 Å². The molecule has 1 aromatic carbocycles. The first-order chi connectivity index (χ1) is 13.3. The Kier molecular flexibility index (Phi) is 5.20. The second-order valence-corrected chi connectivity index (χ2v) is 6.93. The average Bonchev–Trinajstić information content (AvgIpc) is 2.99. The molecular weight excluding hydrogens is 342 g/mol. The van der Waals surface area contributed by atoms with E-state index >= 15 is 0 Å². The highest BCUT2D eigenvalue weighted by atomic mass is 16.5. The van der Waals surface area contributed by atoms with E-state index in [2.05, 4.69) is 21.9 Å². The Hall–Kier alpha value is -2.67. The van der Waals surface area contributed by atoms with Crippen molar-refractivity contribution in [2.24, 2.45) is 0 Å². The molecule has 3 aromatic rings. The fraction of sp³-hybridized carbons (Fsp3) is 0.450. The molecule has 27 heavy (non-hydrogen) atoms. The molecule has 3 heterocycles. The smallest absolute Gasteiger partial charge is 0.263 e. The number of nitrogens with zero attached hydrogens (tertiary/aromatic N) is 4. The van der Waals surface area contributed by atoms with Crippen molar-refractivity contribution in [1.29, 1.82) is 0 Å². The normalized spacial score (nSPS) is 18.0. The maximum atomic E-state index is 12.6. The van der Waals surface area contributed by atoms with Gasteiger partial charge in [-0.2, -0.15) is 10.1 Å². The third-order valence-electron chi connectivity index (χ3n) is 4.96. The van der Waals surface area contributed by atoms with Crippen molar-refractivity contribution in [3.05, 3.63) is 46.9 Å². The van der Waals surface area contributed by atoms with Crippen LogP contribution in [0.25, 0.3) is 16.7 Å². The highest BCUT2D eigenvalue weighted by Gasteiger charge is 2.20. The number of hydrogen-bond acceptors (Lipinski definition) is 5. The monoisotopic (exact) mass is 367 g/mol. The number of benzene rings is 1. The van der Waals surface area contributed by atoms with E-state index in [1.54, 1.807) is 10.9 Å². The van der Waals surface area contributed by atoms with Gasteiger partial charge in [0.25, 0.3) is 5.56 Å². The molecule has 1 atom stereocenters. The van der Waals surface area contributed by atoms with E-state index in [9.17, 15) is 4.79 Å². The van der Waals surface area contributed by atoms with Crippen LogP contribution in [0.5, 0.6) is 0 Å². The predicted molar refractivity (Wildman–Crippen MR) is 106 cm³/mol. The number of aromatic amines is 1. The maximum Gasteiger partial charge on any atom is 0.263 e. The lowest BCUT2D eigenvalue weighted by atomic mass is 10.2. The molecule has 0 spiro atoms. The molecule has 1 N–H and O–H groups in total. The summed E-state index contributed by atoms with van der Waals surface area (Å²) in [6.07, 6.45) is 5.92. The summed E-state index contributed by atoms with van der Waals surface area (Å²) in [5.74, 6) is 0.612. The Morgan fingerprint density at radius 1 is 1.22 bits per heavy atom. The summed E-state index contributed by atoms with van der Waals surface area (Å²) in [7, 11) is 0. The molecule has 0 radical (unpaired) electrons. The van der Waals surface area contributed by atoms with Gasteiger partial charge >= 0.3 is 0 Å². The van der Waals surface area contributed by atoms with Crippen LogP contribution in [0, 0.1) is 0 Å². The summed E-state index contributed by atoms with van der Waals surface area (Å²) in [5, 5.41) is 4.87. The summed E-state index contributed by atoms with van der Waals surface area (Å²) in [5.41, 5.74) is 1.32. The maximum absolute atomic E-state index is 12.6. The number of nitrogens with one attached hydrogen (secondary N) is 1. The molecule has 1 fully saturated rings. The van der Waals surface area contributed by atoms with Crippen LogP contribution in [-0.2, 0) is 4.74 Å². The standard InChI is InChI=1S/C20H25N5O2/c1-2-13-27-16-9-6-11-24(12-10-16)20-22-18-17(19(26)23-20)14-21-25(18)15-7-4-3-5-8-15/h3-5,7-8,14,16H,2,6,9-13H2,1H3,(H,22,23,26). The molecule has 0 aliphatic carbocycles. The Bertz CT molecular complexity index is 950. The van der Waals surface area contributed by atoms with Crippen molar-refractivity contribution in [3.8, 4) is 5.69 Å². The van der Waals surface area contributed by atoms with Gasteiger partial charge in [-0.25, -0.2) is 4.68 Å². The van der Waals surface area contributed by atoms with Gasteiger partial charge in [-0.1, -0.05) is 25.1 Å². The van der Waals surface area contributed by atoms with Crippen LogP contribution in [0.3, 0.4) is 0 Å². The zero-order valence-electron chi connectivity index (χ0n) is 15.6. The van der Waals surface area contributed by atoms with Gasteiger partial charge in [-0.15, -0.1) is 0 Å². The summed E-state index contributed by atoms with van der Waals surface area (Å²) >= 11 is 0. The minimum atomic E-state index is -0.153. The number of rotatable bonds is 5. The lowest BCUT2D eigenvalue weighted by Crippen LogP contribution is -2.29. The van der Waals surface area contributed by atoms with Crippen molar-refractivity contribution in [3.63, 3.8) is 0 Å². The second kappa shape index (κ2) is 7.92. The van der Waals surface area contributed by atoms with Crippen LogP contribution in [0.1, 0.15) is 32.6 Å². The van der Waals surface area contributed by atoms with E-state index in [4.69, 9.17) is 9.72 Å². The molecule has 1 aliphatic heterocycles. The van der Waals surface area contributed by atoms with E-state index in [0.717, 1.165) is 51.1 Å². The van der Waals surface area contributed by atoms with E-state index in [0.29, 0.717) is 23.1 Å². The Labute approximate surface area is 158 Å². The van der Waals surface area contributed by atoms with Crippen LogP contribution < -0.4 is 10.5 Å². The van der Waals surface area contributed by atoms with Gasteiger partial charge in [0.15, 0.2) is 5.65 Å². The van der Waals surface area contributed by atoms with Gasteiger partial charge in [0.2, 0.25) is 5.95 Å². The second-order valence-electron chi connectivity index (χ2n) is 6.93. The molecule has 7 heteroatoms. The van der Waals surface area contributed by atoms with Crippen LogP contribution in [0.4, 0.5) is 5.95 Å². The van der Waals surface area contributed by atoms with E-state index in [1.807, 2.05) is 30.3 Å². The molecule has 0 amide bonds. The topological polar surface area (TPSA) is 76.0 Å². The van der Waals surface area contributed by atoms with Gasteiger partial charge in [0.1, 0.15) is 5.39 Å². The number of ether oxygens (including phenoxy) is 1. The minimum absolute atomic E-state index is 0.153. The summed E-state index contributed by atoms with van der Waals surface area (Å²) < 4.78 is 7.64. The van der Waals surface area contributed by atoms with Gasteiger partial charge in [0.05, 0.1) is 18.0 Å². The zero-order chi connectivity index (χ0) is 18.6. The predicted octanol–water partition coefficient (Wildman–Crippen LogP) is 2.89. The molecule has 0 bridgehead atoms. The molecule has 0 saturated carbocycles. The zero-order valence-corrected chi connectivity index (χ0v) is 15.6. The van der Waals surface area contributed by atoms with Crippen LogP contribution >= 0.6 is 0 Å². The van der Waals surface area contributed by atoms with Crippen LogP contribution in [0.2, 0.25) is 0 Å². The molecule has 1 unspecified atom stereocenters. The lowest BCUT2D eigenvalue weighted by molar-refractivity contribution is 0.0461. The number of anilines is 1. The van der Waals surface area contributed by atoms with Crippen LogP contribution in [-0.4, -0.2) is 45.5 Å². The van der Waals surface area contributed by atoms with Crippen LogP contribution in [0.15, 0.2) is 41.3 Å². The molecule has 7 nitrogen and oxygen atoms in total. The Morgan fingerprint density at radius 3 is 2.89 bits per heavy atom. The van der Waals surface area contributed by atoms with Crippen molar-refractivity contribution in [1.82, 2.24) is 19.7 Å². The Morgan fingerprint density at radius 2 is 2.07 bits per heavy atom. The molecule has 142 valence electrons. The Balaban J connectivity index is 1.64. The first-order valence-corrected chi connectivity index (χ1v) is 9.66. The molecule has 4 rings (SSSR count). The molecular formula is C20H25N5O2. The molecule has 1 aliphatic rings. The van der Waals surface area contributed by atoms with Gasteiger partial charge in [-0.3, -0.25) is 9.78 Å². The lowest BCUT2D eigenvalue weighted by Gasteiger charge is -2.21. The molecule has 1 saturated heterocycles. The average molecular weight is 367 g/mol. The van der Waals surface area contributed by atoms with Crippen molar-refractivity contribution in [2.45, 2.75) is 38.7 Å². The fourth-order valence-electron chi connectivity index (χ4n) is 3.54. The van der Waals surface area contributed by atoms with Crippen molar-refractivity contribution in [2.75, 3.05) is 24.6 Å². The minimum Gasteiger partial charge on any atom is -0.378 e. The van der Waals surface area contributed by atoms with Crippen molar-refractivity contribution < 1.29 is 4.74 Å². The third kappa shape index (κ3) is 3.73. The summed E-state index contributed by atoms with van der Waals surface area (Å²) in [6.45, 7) is 4.62. The highest BCUT2D eigenvalue weighted by Crippen LogP contribution is 2.20. The van der Waals surface area contributed by atoms with E-state index in [1.165, 1.54) is 0 Å². The van der Waals surface area contributed by atoms with Crippen molar-refractivity contribution >= 4 is 17.0 Å². The fourth-order valence-corrected chi connectivity index (χ4v) is 3.54. The number of hydrogen-bond donors (Lipinski definition) is 1. The number of H-pyrrole nitrogens is 1. The molecule has 2 aromatic heterocycles. The van der Waals surface area contributed by atoms with Gasteiger partial charge in [-0.05, 0) is 37.8 Å². The summed E-state index contributed by atoms with van der Waals surface area (Å²) in [4.78, 5) is 22.4. The number of aromatic nitrogens is 4. The largest absolute Gasteiger partial charge is 0.378 e. The number of para-hydroxylation sites is 1. The van der Waals surface area contributed by atoms with E-state index in [-0.39, 0.29) is 5.56 Å². The number of fused-ring (bicyclic) bond motifs is 1. The third-order valence-corrected chi connectivity index (χ3v) is 4.96.